The summed E-state index contributed by atoms with van der Waals surface area (Å²) in [7, 11) is 0. The lowest BCUT2D eigenvalue weighted by molar-refractivity contribution is -0.115. The minimum Gasteiger partial charge on any atom is -0.302 e. The molecule has 0 saturated carbocycles. The number of halogens is 2. The van der Waals surface area contributed by atoms with Gasteiger partial charge in [-0.25, -0.2) is 4.98 Å². The first-order valence-corrected chi connectivity index (χ1v) is 8.90. The first-order chi connectivity index (χ1) is 11.6. The molecule has 0 aliphatic rings. The van der Waals surface area contributed by atoms with Crippen LogP contribution in [0.15, 0.2) is 54.7 Å². The maximum Gasteiger partial charge on any atom is 0.230 e. The molecule has 24 heavy (non-hydrogen) atoms. The molecule has 122 valence electrons. The van der Waals surface area contributed by atoms with Crippen LogP contribution in [0.25, 0.3) is 0 Å². The van der Waals surface area contributed by atoms with E-state index in [1.165, 1.54) is 11.3 Å². The predicted octanol–water partition coefficient (Wildman–Crippen LogP) is 5.22. The molecule has 0 radical (unpaired) electrons. The normalized spacial score (nSPS) is 10.6. The topological polar surface area (TPSA) is 42.0 Å². The molecule has 1 heterocycles. The van der Waals surface area contributed by atoms with Gasteiger partial charge in [-0.05, 0) is 29.3 Å². The number of nitrogens with one attached hydrogen (secondary N) is 1. The molecule has 3 nitrogen and oxygen atoms in total. The van der Waals surface area contributed by atoms with Crippen molar-refractivity contribution in [3.05, 3.63) is 80.8 Å². The molecule has 0 unspecified atom stereocenters. The molecule has 1 amide bonds. The standard InChI is InChI=1S/C18H14Cl2N2OS/c19-14-6-7-16(20)13(9-14)10-15-11-21-18(24-15)22-17(23)8-12-4-2-1-3-5-12/h1-7,9,11H,8,10H2,(H,21,22,23). The van der Waals surface area contributed by atoms with Gasteiger partial charge in [-0.15, -0.1) is 11.3 Å². The summed E-state index contributed by atoms with van der Waals surface area (Å²) in [6, 6.07) is 15.0. The molecule has 0 aliphatic carbocycles. The van der Waals surface area contributed by atoms with E-state index in [2.05, 4.69) is 10.3 Å². The van der Waals surface area contributed by atoms with E-state index in [-0.39, 0.29) is 5.91 Å². The van der Waals surface area contributed by atoms with E-state index >= 15 is 0 Å². The van der Waals surface area contributed by atoms with Crippen molar-refractivity contribution in [2.75, 3.05) is 5.32 Å². The number of thiazole rings is 1. The Kier molecular flexibility index (Phi) is 5.51. The molecule has 0 spiro atoms. The average Bonchev–Trinajstić information content (AvgIpc) is 2.99. The van der Waals surface area contributed by atoms with E-state index in [9.17, 15) is 4.79 Å². The smallest absolute Gasteiger partial charge is 0.230 e. The van der Waals surface area contributed by atoms with Crippen LogP contribution in [0.4, 0.5) is 5.13 Å². The van der Waals surface area contributed by atoms with E-state index in [1.807, 2.05) is 36.4 Å². The lowest BCUT2D eigenvalue weighted by Gasteiger charge is -2.03. The van der Waals surface area contributed by atoms with Gasteiger partial charge in [0.25, 0.3) is 0 Å². The van der Waals surface area contributed by atoms with Crippen LogP contribution in [0.2, 0.25) is 10.0 Å². The Morgan fingerprint density at radius 1 is 1.12 bits per heavy atom. The first-order valence-electron chi connectivity index (χ1n) is 7.32. The van der Waals surface area contributed by atoms with Crippen LogP contribution in [0, 0.1) is 0 Å². The van der Waals surface area contributed by atoms with Gasteiger partial charge in [0.05, 0.1) is 6.42 Å². The molecule has 0 fully saturated rings. The third-order valence-electron chi connectivity index (χ3n) is 3.38. The molecule has 1 aromatic heterocycles. The summed E-state index contributed by atoms with van der Waals surface area (Å²) >= 11 is 13.6. The van der Waals surface area contributed by atoms with Crippen LogP contribution in [-0.4, -0.2) is 10.9 Å². The molecular weight excluding hydrogens is 363 g/mol. The van der Waals surface area contributed by atoms with Crippen LogP contribution in [0.3, 0.4) is 0 Å². The van der Waals surface area contributed by atoms with Gasteiger partial charge < -0.3 is 5.32 Å². The Labute approximate surface area is 154 Å². The fourth-order valence-electron chi connectivity index (χ4n) is 2.26. The second-order valence-electron chi connectivity index (χ2n) is 5.25. The molecule has 1 N–H and O–H groups in total. The third kappa shape index (κ3) is 4.57. The Morgan fingerprint density at radius 3 is 2.71 bits per heavy atom. The quantitative estimate of drug-likeness (QED) is 0.662. The van der Waals surface area contributed by atoms with Gasteiger partial charge >= 0.3 is 0 Å². The minimum atomic E-state index is -0.0807. The zero-order chi connectivity index (χ0) is 16.9. The van der Waals surface area contributed by atoms with Gasteiger partial charge in [0.1, 0.15) is 0 Å². The monoisotopic (exact) mass is 376 g/mol. The molecule has 0 bridgehead atoms. The lowest BCUT2D eigenvalue weighted by atomic mass is 10.1. The SMILES string of the molecule is O=C(Cc1ccccc1)Nc1ncc(Cc2cc(Cl)ccc2Cl)s1. The average molecular weight is 377 g/mol. The van der Waals surface area contributed by atoms with Crippen molar-refractivity contribution in [3.63, 3.8) is 0 Å². The number of hydrogen-bond donors (Lipinski definition) is 1. The van der Waals surface area contributed by atoms with E-state index in [1.54, 1.807) is 18.3 Å². The number of anilines is 1. The van der Waals surface area contributed by atoms with E-state index < -0.39 is 0 Å². The van der Waals surface area contributed by atoms with Crippen molar-refractivity contribution >= 4 is 45.6 Å². The van der Waals surface area contributed by atoms with Gasteiger partial charge in [-0.3, -0.25) is 4.79 Å². The number of carbonyl (C=O) groups is 1. The zero-order valence-corrected chi connectivity index (χ0v) is 15.0. The van der Waals surface area contributed by atoms with Gasteiger partial charge in [-0.1, -0.05) is 53.5 Å². The predicted molar refractivity (Wildman–Crippen MR) is 100 cm³/mol. The van der Waals surface area contributed by atoms with Crippen molar-refractivity contribution in [2.24, 2.45) is 0 Å². The summed E-state index contributed by atoms with van der Waals surface area (Å²) in [5, 5.41) is 4.74. The Bertz CT molecular complexity index is 849. The highest BCUT2D eigenvalue weighted by molar-refractivity contribution is 7.15. The van der Waals surface area contributed by atoms with Crippen molar-refractivity contribution in [3.8, 4) is 0 Å². The third-order valence-corrected chi connectivity index (χ3v) is 4.90. The molecule has 0 saturated heterocycles. The van der Waals surface area contributed by atoms with Crippen LogP contribution >= 0.6 is 34.5 Å². The van der Waals surface area contributed by atoms with Crippen molar-refractivity contribution in [1.82, 2.24) is 4.98 Å². The van der Waals surface area contributed by atoms with Crippen LogP contribution < -0.4 is 5.32 Å². The lowest BCUT2D eigenvalue weighted by Crippen LogP contribution is -2.13. The summed E-state index contributed by atoms with van der Waals surface area (Å²) in [6.45, 7) is 0. The summed E-state index contributed by atoms with van der Waals surface area (Å²) in [5.41, 5.74) is 1.91. The number of carbonyl (C=O) groups excluding carboxylic acids is 1. The summed E-state index contributed by atoms with van der Waals surface area (Å²) in [4.78, 5) is 17.3. The molecule has 3 aromatic rings. The maximum absolute atomic E-state index is 12.1. The second kappa shape index (κ2) is 7.79. The van der Waals surface area contributed by atoms with Crippen molar-refractivity contribution in [2.45, 2.75) is 12.8 Å². The van der Waals surface area contributed by atoms with Gasteiger partial charge in [0.15, 0.2) is 5.13 Å². The molecule has 3 rings (SSSR count). The summed E-state index contributed by atoms with van der Waals surface area (Å²) < 4.78 is 0. The molecule has 0 aliphatic heterocycles. The fraction of sp³-hybridized carbons (Fsp3) is 0.111. The van der Waals surface area contributed by atoms with Crippen molar-refractivity contribution in [1.29, 1.82) is 0 Å². The number of amides is 1. The van der Waals surface area contributed by atoms with E-state index in [0.717, 1.165) is 16.0 Å². The fourth-order valence-corrected chi connectivity index (χ4v) is 3.49. The van der Waals surface area contributed by atoms with Gasteiger partial charge in [0, 0.05) is 27.5 Å². The highest BCUT2D eigenvalue weighted by Crippen LogP contribution is 2.27. The summed E-state index contributed by atoms with van der Waals surface area (Å²) in [6.07, 6.45) is 2.71. The number of aromatic nitrogens is 1. The van der Waals surface area contributed by atoms with Crippen LogP contribution in [-0.2, 0) is 17.6 Å². The largest absolute Gasteiger partial charge is 0.302 e. The number of hydrogen-bond acceptors (Lipinski definition) is 3. The number of nitrogens with zero attached hydrogens (tertiary/aromatic N) is 1. The molecule has 6 heteroatoms. The number of benzene rings is 2. The second-order valence-corrected chi connectivity index (χ2v) is 7.21. The first kappa shape index (κ1) is 17.0. The molecular formula is C18H14Cl2N2OS. The molecule has 0 atom stereocenters. The molecule has 2 aromatic carbocycles. The number of rotatable bonds is 5. The van der Waals surface area contributed by atoms with E-state index in [4.69, 9.17) is 23.2 Å². The Morgan fingerprint density at radius 2 is 1.92 bits per heavy atom. The van der Waals surface area contributed by atoms with Crippen LogP contribution in [0.1, 0.15) is 16.0 Å². The highest BCUT2D eigenvalue weighted by Gasteiger charge is 2.09. The zero-order valence-electron chi connectivity index (χ0n) is 12.6. The van der Waals surface area contributed by atoms with Crippen molar-refractivity contribution < 1.29 is 4.79 Å². The Balaban J connectivity index is 1.63. The van der Waals surface area contributed by atoms with Gasteiger partial charge in [0.2, 0.25) is 5.91 Å². The minimum absolute atomic E-state index is 0.0807. The maximum atomic E-state index is 12.1. The van der Waals surface area contributed by atoms with Gasteiger partial charge in [-0.2, -0.15) is 0 Å². The Hall–Kier alpha value is -1.88. The van der Waals surface area contributed by atoms with E-state index in [0.29, 0.717) is 28.0 Å². The summed E-state index contributed by atoms with van der Waals surface area (Å²) in [5.74, 6) is -0.0807. The highest BCUT2D eigenvalue weighted by atomic mass is 35.5. The van der Waals surface area contributed by atoms with Crippen LogP contribution in [0.5, 0.6) is 0 Å².